The molecule has 1 atom stereocenters. The molecule has 0 aromatic carbocycles. The standard InChI is InChI=1S/C17H19N7O3/c1-9-7-27-8-10-3-4-12(26-2)15(21-10)22-14-5-13(18)24-16(23-14)11(6-19-24)17(25)20-9/h3-6,9H,7-8,18H2,1-2H3,(H,20,25)(H,21,22,23)/t9-/m1/s1. The van der Waals surface area contributed by atoms with Crippen LogP contribution in [0.2, 0.25) is 0 Å². The topological polar surface area (TPSA) is 129 Å². The van der Waals surface area contributed by atoms with Gasteiger partial charge in [-0.25, -0.2) is 9.97 Å². The van der Waals surface area contributed by atoms with Gasteiger partial charge in [0.05, 0.1) is 32.2 Å². The molecule has 1 amide bonds. The van der Waals surface area contributed by atoms with E-state index in [1.165, 1.54) is 10.7 Å². The molecule has 1 aliphatic heterocycles. The molecule has 0 spiro atoms. The minimum atomic E-state index is -0.295. The van der Waals surface area contributed by atoms with Gasteiger partial charge in [0.25, 0.3) is 5.91 Å². The number of aromatic nitrogens is 4. The average molecular weight is 369 g/mol. The fourth-order valence-corrected chi connectivity index (χ4v) is 2.84. The average Bonchev–Trinajstić information content (AvgIpc) is 3.06. The Morgan fingerprint density at radius 2 is 2.22 bits per heavy atom. The predicted molar refractivity (Wildman–Crippen MR) is 98.1 cm³/mol. The van der Waals surface area contributed by atoms with E-state index < -0.39 is 0 Å². The van der Waals surface area contributed by atoms with Gasteiger partial charge in [0, 0.05) is 12.1 Å². The molecule has 27 heavy (non-hydrogen) atoms. The summed E-state index contributed by atoms with van der Waals surface area (Å²) in [7, 11) is 1.56. The molecule has 0 aliphatic carbocycles. The third kappa shape index (κ3) is 3.22. The second-order valence-corrected chi connectivity index (χ2v) is 6.23. The van der Waals surface area contributed by atoms with Crippen LogP contribution in [0.5, 0.6) is 5.75 Å². The molecule has 4 heterocycles. The highest BCUT2D eigenvalue weighted by Gasteiger charge is 2.19. The molecule has 4 N–H and O–H groups in total. The summed E-state index contributed by atoms with van der Waals surface area (Å²) in [5, 5.41) is 10.1. The van der Waals surface area contributed by atoms with Crippen LogP contribution in [0.15, 0.2) is 24.4 Å². The van der Waals surface area contributed by atoms with Crippen LogP contribution in [0.4, 0.5) is 17.5 Å². The quantitative estimate of drug-likeness (QED) is 0.582. The van der Waals surface area contributed by atoms with Gasteiger partial charge in [-0.15, -0.1) is 0 Å². The van der Waals surface area contributed by atoms with Gasteiger partial charge < -0.3 is 25.8 Å². The lowest BCUT2D eigenvalue weighted by Gasteiger charge is -2.16. The summed E-state index contributed by atoms with van der Waals surface area (Å²) >= 11 is 0. The highest BCUT2D eigenvalue weighted by atomic mass is 16.5. The third-order valence-electron chi connectivity index (χ3n) is 4.12. The largest absolute Gasteiger partial charge is 0.493 e. The molecule has 10 heteroatoms. The van der Waals surface area contributed by atoms with Crippen LogP contribution in [0.3, 0.4) is 0 Å². The second kappa shape index (κ2) is 6.72. The number of carbonyl (C=O) groups is 1. The lowest BCUT2D eigenvalue weighted by molar-refractivity contribution is 0.0814. The molecule has 0 fully saturated rings. The van der Waals surface area contributed by atoms with Crippen molar-refractivity contribution in [3.05, 3.63) is 35.7 Å². The Labute approximate surface area is 154 Å². The van der Waals surface area contributed by atoms with Crippen LogP contribution in [-0.2, 0) is 11.3 Å². The number of fused-ring (bicyclic) bond motifs is 3. The molecule has 0 saturated heterocycles. The molecule has 4 bridgehead atoms. The number of ether oxygens (including phenoxy) is 2. The number of rotatable bonds is 1. The van der Waals surface area contributed by atoms with E-state index in [1.54, 1.807) is 19.2 Å². The van der Waals surface area contributed by atoms with Gasteiger partial charge in [-0.1, -0.05) is 0 Å². The van der Waals surface area contributed by atoms with Gasteiger partial charge in [0.1, 0.15) is 17.2 Å². The molecular formula is C17H19N7O3. The summed E-state index contributed by atoms with van der Waals surface area (Å²) in [6, 6.07) is 5.03. The van der Waals surface area contributed by atoms with Crippen molar-refractivity contribution < 1.29 is 14.3 Å². The van der Waals surface area contributed by atoms with Crippen molar-refractivity contribution in [2.24, 2.45) is 0 Å². The minimum Gasteiger partial charge on any atom is -0.493 e. The van der Waals surface area contributed by atoms with Crippen molar-refractivity contribution in [3.8, 4) is 5.75 Å². The fraction of sp³-hybridized carbons (Fsp3) is 0.294. The lowest BCUT2D eigenvalue weighted by Crippen LogP contribution is -2.36. The summed E-state index contributed by atoms with van der Waals surface area (Å²) in [5.41, 5.74) is 7.46. The Morgan fingerprint density at radius 1 is 1.37 bits per heavy atom. The summed E-state index contributed by atoms with van der Waals surface area (Å²) in [4.78, 5) is 21.6. The molecule has 0 saturated carbocycles. The van der Waals surface area contributed by atoms with Gasteiger partial charge in [0.15, 0.2) is 17.2 Å². The van der Waals surface area contributed by atoms with Crippen molar-refractivity contribution in [2.75, 3.05) is 24.8 Å². The van der Waals surface area contributed by atoms with Crippen LogP contribution in [0.1, 0.15) is 23.0 Å². The summed E-state index contributed by atoms with van der Waals surface area (Å²) in [6.07, 6.45) is 1.44. The summed E-state index contributed by atoms with van der Waals surface area (Å²) < 4.78 is 12.4. The number of methoxy groups -OCH3 is 1. The highest BCUT2D eigenvalue weighted by molar-refractivity contribution is 6.00. The first-order valence-electron chi connectivity index (χ1n) is 8.39. The molecule has 10 nitrogen and oxygen atoms in total. The van der Waals surface area contributed by atoms with E-state index in [1.807, 2.05) is 13.0 Å². The van der Waals surface area contributed by atoms with E-state index in [2.05, 4.69) is 25.7 Å². The van der Waals surface area contributed by atoms with E-state index >= 15 is 0 Å². The van der Waals surface area contributed by atoms with Crippen LogP contribution < -0.4 is 21.1 Å². The van der Waals surface area contributed by atoms with Gasteiger partial charge in [-0.05, 0) is 19.1 Å². The van der Waals surface area contributed by atoms with Crippen molar-refractivity contribution in [1.82, 2.24) is 24.9 Å². The van der Waals surface area contributed by atoms with Crippen LogP contribution in [-0.4, -0.2) is 45.2 Å². The lowest BCUT2D eigenvalue weighted by atomic mass is 10.2. The van der Waals surface area contributed by atoms with E-state index in [0.29, 0.717) is 53.3 Å². The maximum Gasteiger partial charge on any atom is 0.257 e. The Hall–Kier alpha value is -3.40. The minimum absolute atomic E-state index is 0.202. The Balaban J connectivity index is 1.86. The van der Waals surface area contributed by atoms with E-state index in [4.69, 9.17) is 15.2 Å². The molecule has 1 aliphatic rings. The third-order valence-corrected chi connectivity index (χ3v) is 4.12. The number of nitrogens with two attached hydrogens (primary N) is 1. The zero-order chi connectivity index (χ0) is 19.0. The number of hydrogen-bond acceptors (Lipinski definition) is 8. The van der Waals surface area contributed by atoms with Crippen molar-refractivity contribution in [3.63, 3.8) is 0 Å². The molecule has 4 rings (SSSR count). The Kier molecular flexibility index (Phi) is 4.24. The molecule has 140 valence electrons. The first-order chi connectivity index (χ1) is 13.0. The summed E-state index contributed by atoms with van der Waals surface area (Å²) in [5.74, 6) is 1.48. The maximum atomic E-state index is 12.6. The number of amides is 1. The smallest absolute Gasteiger partial charge is 0.257 e. The van der Waals surface area contributed by atoms with Crippen molar-refractivity contribution in [2.45, 2.75) is 19.6 Å². The molecular weight excluding hydrogens is 350 g/mol. The van der Waals surface area contributed by atoms with Crippen LogP contribution in [0.25, 0.3) is 5.65 Å². The number of hydrogen-bond donors (Lipinski definition) is 3. The van der Waals surface area contributed by atoms with E-state index in [9.17, 15) is 4.79 Å². The first kappa shape index (κ1) is 17.0. The first-order valence-corrected chi connectivity index (χ1v) is 8.39. The van der Waals surface area contributed by atoms with Crippen LogP contribution >= 0.6 is 0 Å². The number of nitrogens with one attached hydrogen (secondary N) is 2. The zero-order valence-corrected chi connectivity index (χ0v) is 14.9. The summed E-state index contributed by atoms with van der Waals surface area (Å²) in [6.45, 7) is 2.49. The maximum absolute atomic E-state index is 12.6. The van der Waals surface area contributed by atoms with Gasteiger partial charge in [0.2, 0.25) is 0 Å². The molecule has 0 radical (unpaired) electrons. The van der Waals surface area contributed by atoms with E-state index in [-0.39, 0.29) is 11.9 Å². The number of pyridine rings is 1. The van der Waals surface area contributed by atoms with Gasteiger partial charge >= 0.3 is 0 Å². The van der Waals surface area contributed by atoms with Gasteiger partial charge in [-0.3, -0.25) is 4.79 Å². The zero-order valence-electron chi connectivity index (χ0n) is 14.9. The predicted octanol–water partition coefficient (Wildman–Crippen LogP) is 1.11. The Morgan fingerprint density at radius 3 is 3.04 bits per heavy atom. The van der Waals surface area contributed by atoms with Gasteiger partial charge in [-0.2, -0.15) is 9.61 Å². The van der Waals surface area contributed by atoms with Crippen LogP contribution in [0, 0.1) is 0 Å². The number of nitrogens with zero attached hydrogens (tertiary/aromatic N) is 4. The van der Waals surface area contributed by atoms with Crippen molar-refractivity contribution >= 4 is 29.0 Å². The van der Waals surface area contributed by atoms with E-state index in [0.717, 1.165) is 0 Å². The SMILES string of the molecule is COc1ccc2nc1Nc1cc(N)n3ncc(c3n1)C(=O)N[C@H](C)COC2. The van der Waals surface area contributed by atoms with Crippen molar-refractivity contribution in [1.29, 1.82) is 0 Å². The number of nitrogen functional groups attached to an aromatic ring is 1. The fourth-order valence-electron chi connectivity index (χ4n) is 2.84. The Bertz CT molecular complexity index is 1020. The molecule has 3 aromatic heterocycles. The number of carbonyl (C=O) groups excluding carboxylic acids is 1. The monoisotopic (exact) mass is 369 g/mol. The highest BCUT2D eigenvalue weighted by Crippen LogP contribution is 2.27. The number of anilines is 3. The molecule has 0 unspecified atom stereocenters. The second-order valence-electron chi connectivity index (χ2n) is 6.23. The normalized spacial score (nSPS) is 17.3. The molecule has 3 aromatic rings.